The first kappa shape index (κ1) is 14.9. The molecule has 1 unspecified atom stereocenters. The van der Waals surface area contributed by atoms with Gasteiger partial charge in [-0.05, 0) is 12.1 Å². The van der Waals surface area contributed by atoms with Gasteiger partial charge in [-0.15, -0.1) is 5.10 Å². The van der Waals surface area contributed by atoms with E-state index in [1.807, 2.05) is 24.3 Å². The molecule has 1 atom stereocenters. The molecule has 1 aliphatic rings. The van der Waals surface area contributed by atoms with Crippen LogP contribution in [0.4, 0.5) is 0 Å². The molecule has 2 aromatic rings. The molecule has 0 radical (unpaired) electrons. The van der Waals surface area contributed by atoms with Gasteiger partial charge in [-0.3, -0.25) is 4.79 Å². The Morgan fingerprint density at radius 1 is 1.41 bits per heavy atom. The van der Waals surface area contributed by atoms with Gasteiger partial charge in [0.15, 0.2) is 0 Å². The van der Waals surface area contributed by atoms with Crippen molar-refractivity contribution >= 4 is 16.9 Å². The predicted molar refractivity (Wildman–Crippen MR) is 80.1 cm³/mol. The van der Waals surface area contributed by atoms with Crippen molar-refractivity contribution in [2.24, 2.45) is 5.92 Å². The molecule has 0 saturated carbocycles. The van der Waals surface area contributed by atoms with Crippen molar-refractivity contribution in [3.63, 3.8) is 0 Å². The fraction of sp³-hybridized carbons (Fsp3) is 0.533. The van der Waals surface area contributed by atoms with E-state index in [2.05, 4.69) is 10.3 Å². The Balaban J connectivity index is 1.61. The monoisotopic (exact) mass is 304 g/mol. The zero-order valence-corrected chi connectivity index (χ0v) is 12.4. The lowest BCUT2D eigenvalue weighted by atomic mass is 10.1. The average Bonchev–Trinajstić information content (AvgIpc) is 2.80. The topological polar surface area (TPSA) is 80.5 Å². The van der Waals surface area contributed by atoms with Crippen LogP contribution in [0.3, 0.4) is 0 Å². The number of para-hydroxylation sites is 1. The van der Waals surface area contributed by atoms with Crippen molar-refractivity contribution in [3.05, 3.63) is 24.3 Å². The number of aryl methyl sites for hydroxylation is 1. The van der Waals surface area contributed by atoms with Gasteiger partial charge in [0.2, 0.25) is 5.91 Å². The van der Waals surface area contributed by atoms with E-state index in [4.69, 9.17) is 4.74 Å². The van der Waals surface area contributed by atoms with E-state index in [1.165, 1.54) is 0 Å². The number of fused-ring (bicyclic) bond motifs is 1. The van der Waals surface area contributed by atoms with E-state index < -0.39 is 0 Å². The van der Waals surface area contributed by atoms with E-state index in [0.29, 0.717) is 39.3 Å². The standard InChI is InChI=1S/C15H20N4O3/c20-10-12-9-18(7-8-22-11-12)15(21)5-6-19-14-4-2-1-3-13(14)16-17-19/h1-4,12,20H,5-11H2. The highest BCUT2D eigenvalue weighted by molar-refractivity contribution is 5.77. The Morgan fingerprint density at radius 2 is 2.27 bits per heavy atom. The minimum Gasteiger partial charge on any atom is -0.396 e. The molecule has 2 heterocycles. The summed E-state index contributed by atoms with van der Waals surface area (Å²) in [4.78, 5) is 14.1. The Morgan fingerprint density at radius 3 is 3.14 bits per heavy atom. The van der Waals surface area contributed by atoms with Crippen molar-refractivity contribution in [2.45, 2.75) is 13.0 Å². The summed E-state index contributed by atoms with van der Waals surface area (Å²) in [5.74, 6) is 0.0576. The molecule has 22 heavy (non-hydrogen) atoms. The lowest BCUT2D eigenvalue weighted by Crippen LogP contribution is -2.37. The molecule has 3 rings (SSSR count). The fourth-order valence-corrected chi connectivity index (χ4v) is 2.66. The molecule has 1 aliphatic heterocycles. The fourth-order valence-electron chi connectivity index (χ4n) is 2.66. The first-order valence-electron chi connectivity index (χ1n) is 7.52. The van der Waals surface area contributed by atoms with Crippen molar-refractivity contribution < 1.29 is 14.6 Å². The second-order valence-corrected chi connectivity index (χ2v) is 5.51. The summed E-state index contributed by atoms with van der Waals surface area (Å²) in [6.07, 6.45) is 0.367. The smallest absolute Gasteiger partial charge is 0.224 e. The highest BCUT2D eigenvalue weighted by Crippen LogP contribution is 2.12. The summed E-state index contributed by atoms with van der Waals surface area (Å²) < 4.78 is 7.16. The van der Waals surface area contributed by atoms with Crippen LogP contribution in [0, 0.1) is 5.92 Å². The van der Waals surface area contributed by atoms with Gasteiger partial charge < -0.3 is 14.7 Å². The number of aromatic nitrogens is 3. The molecule has 0 aliphatic carbocycles. The largest absolute Gasteiger partial charge is 0.396 e. The van der Waals surface area contributed by atoms with Crippen LogP contribution in [0.5, 0.6) is 0 Å². The molecule has 1 aromatic carbocycles. The van der Waals surface area contributed by atoms with E-state index >= 15 is 0 Å². The minimum absolute atomic E-state index is 0.00125. The normalized spacial score (nSPS) is 19.3. The van der Waals surface area contributed by atoms with Gasteiger partial charge in [-0.2, -0.15) is 0 Å². The highest BCUT2D eigenvalue weighted by Gasteiger charge is 2.22. The Hall–Kier alpha value is -1.99. The molecule has 7 heteroatoms. The van der Waals surface area contributed by atoms with Gasteiger partial charge in [0, 0.05) is 32.0 Å². The maximum atomic E-state index is 12.4. The van der Waals surface area contributed by atoms with Crippen molar-refractivity contribution in [3.8, 4) is 0 Å². The van der Waals surface area contributed by atoms with Crippen LogP contribution in [0.2, 0.25) is 0 Å². The van der Waals surface area contributed by atoms with Crippen LogP contribution in [0.25, 0.3) is 11.0 Å². The van der Waals surface area contributed by atoms with E-state index in [9.17, 15) is 9.90 Å². The van der Waals surface area contributed by atoms with E-state index in [0.717, 1.165) is 11.0 Å². The van der Waals surface area contributed by atoms with Crippen LogP contribution in [0.1, 0.15) is 6.42 Å². The second kappa shape index (κ2) is 6.85. The first-order chi connectivity index (χ1) is 10.8. The Kier molecular flexibility index (Phi) is 4.65. The Labute approximate surface area is 128 Å². The molecule has 1 fully saturated rings. The number of hydrogen-bond donors (Lipinski definition) is 1. The maximum Gasteiger partial charge on any atom is 0.224 e. The van der Waals surface area contributed by atoms with Crippen LogP contribution >= 0.6 is 0 Å². The molecule has 1 aromatic heterocycles. The van der Waals surface area contributed by atoms with Crippen LogP contribution < -0.4 is 0 Å². The molecular weight excluding hydrogens is 284 g/mol. The highest BCUT2D eigenvalue weighted by atomic mass is 16.5. The van der Waals surface area contributed by atoms with Gasteiger partial charge in [0.05, 0.1) is 25.3 Å². The molecular formula is C15H20N4O3. The molecule has 1 saturated heterocycles. The molecule has 118 valence electrons. The van der Waals surface area contributed by atoms with E-state index in [-0.39, 0.29) is 18.4 Å². The first-order valence-corrected chi connectivity index (χ1v) is 7.52. The Bertz CT molecular complexity index is 643. The van der Waals surface area contributed by atoms with Gasteiger partial charge in [0.25, 0.3) is 0 Å². The van der Waals surface area contributed by atoms with Gasteiger partial charge in [-0.25, -0.2) is 4.68 Å². The lowest BCUT2D eigenvalue weighted by molar-refractivity contribution is -0.132. The van der Waals surface area contributed by atoms with Crippen molar-refractivity contribution in [1.29, 1.82) is 0 Å². The average molecular weight is 304 g/mol. The summed E-state index contributed by atoms with van der Waals surface area (Å²) in [7, 11) is 0. The van der Waals surface area contributed by atoms with Crippen molar-refractivity contribution in [2.75, 3.05) is 32.9 Å². The number of aliphatic hydroxyl groups excluding tert-OH is 1. The summed E-state index contributed by atoms with van der Waals surface area (Å²) in [6.45, 7) is 2.70. The molecule has 1 amide bonds. The SMILES string of the molecule is O=C(CCn1nnc2ccccc21)N1CCOCC(CO)C1. The molecule has 0 bridgehead atoms. The molecule has 0 spiro atoms. The van der Waals surface area contributed by atoms with Gasteiger partial charge in [-0.1, -0.05) is 17.3 Å². The molecule has 7 nitrogen and oxygen atoms in total. The van der Waals surface area contributed by atoms with Crippen molar-refractivity contribution in [1.82, 2.24) is 19.9 Å². The van der Waals surface area contributed by atoms with Crippen LogP contribution in [0.15, 0.2) is 24.3 Å². The third-order valence-corrected chi connectivity index (χ3v) is 3.91. The van der Waals surface area contributed by atoms with Crippen LogP contribution in [-0.2, 0) is 16.1 Å². The number of carbonyl (C=O) groups excluding carboxylic acids is 1. The summed E-state index contributed by atoms with van der Waals surface area (Å²) in [5.41, 5.74) is 1.77. The summed E-state index contributed by atoms with van der Waals surface area (Å²) in [6, 6.07) is 7.70. The molecule has 1 N–H and O–H groups in total. The zero-order valence-electron chi connectivity index (χ0n) is 12.4. The second-order valence-electron chi connectivity index (χ2n) is 5.51. The number of benzene rings is 1. The predicted octanol–water partition coefficient (Wildman–Crippen LogP) is 0.289. The number of carbonyl (C=O) groups is 1. The number of hydrogen-bond acceptors (Lipinski definition) is 5. The number of aliphatic hydroxyl groups is 1. The number of rotatable bonds is 4. The van der Waals surface area contributed by atoms with E-state index in [1.54, 1.807) is 9.58 Å². The minimum atomic E-state index is -0.00125. The summed E-state index contributed by atoms with van der Waals surface area (Å²) in [5, 5.41) is 17.5. The van der Waals surface area contributed by atoms with Gasteiger partial charge in [0.1, 0.15) is 5.52 Å². The third kappa shape index (κ3) is 3.26. The summed E-state index contributed by atoms with van der Waals surface area (Å²) >= 11 is 0. The number of nitrogens with zero attached hydrogens (tertiary/aromatic N) is 4. The number of amides is 1. The van der Waals surface area contributed by atoms with Crippen LogP contribution in [-0.4, -0.2) is 63.8 Å². The zero-order chi connectivity index (χ0) is 15.4. The third-order valence-electron chi connectivity index (χ3n) is 3.91. The number of ether oxygens (including phenoxy) is 1. The quantitative estimate of drug-likeness (QED) is 0.878. The maximum absolute atomic E-state index is 12.4. The lowest BCUT2D eigenvalue weighted by Gasteiger charge is -2.22. The van der Waals surface area contributed by atoms with Gasteiger partial charge >= 0.3 is 0 Å².